The first kappa shape index (κ1) is 25.5. The zero-order valence-electron chi connectivity index (χ0n) is 19.9. The number of carbonyl (C=O) groups is 2. The van der Waals surface area contributed by atoms with Gasteiger partial charge in [-0.3, -0.25) is 9.69 Å². The number of anilines is 1. The molecule has 2 aromatic rings. The Balaban J connectivity index is 1.19. The van der Waals surface area contributed by atoms with Gasteiger partial charge in [-0.15, -0.1) is 0 Å². The summed E-state index contributed by atoms with van der Waals surface area (Å²) in [5, 5.41) is 8.78. The molecule has 2 atom stereocenters. The van der Waals surface area contributed by atoms with Crippen LogP contribution in [0.3, 0.4) is 0 Å². The molecule has 2 saturated heterocycles. The Hall–Kier alpha value is -3.11. The molecule has 37 heavy (non-hydrogen) atoms. The summed E-state index contributed by atoms with van der Waals surface area (Å²) in [5.74, 6) is -0.253. The Labute approximate surface area is 217 Å². The van der Waals surface area contributed by atoms with Crippen molar-refractivity contribution in [1.82, 2.24) is 14.8 Å². The number of carboxylic acid groups (broad SMARTS) is 1. The first-order valence-corrected chi connectivity index (χ1v) is 12.5. The van der Waals surface area contributed by atoms with Gasteiger partial charge in [-0.05, 0) is 54.7 Å². The Kier molecular flexibility index (Phi) is 6.89. The third kappa shape index (κ3) is 5.31. The van der Waals surface area contributed by atoms with E-state index in [1.165, 1.54) is 12.3 Å². The van der Waals surface area contributed by atoms with Gasteiger partial charge in [0, 0.05) is 44.5 Å². The van der Waals surface area contributed by atoms with Crippen LogP contribution in [0.4, 0.5) is 19.0 Å². The number of nitrogens with zero attached hydrogens (tertiary/aromatic N) is 4. The minimum atomic E-state index is -4.52. The molecule has 5 rings (SSSR count). The topological polar surface area (TPSA) is 77.0 Å². The fourth-order valence-corrected chi connectivity index (χ4v) is 5.77. The van der Waals surface area contributed by atoms with Crippen LogP contribution in [0.2, 0.25) is 5.02 Å². The van der Waals surface area contributed by atoms with Crippen LogP contribution in [0.1, 0.15) is 40.7 Å². The summed E-state index contributed by atoms with van der Waals surface area (Å²) in [6.07, 6.45) is 1.11. The molecule has 3 aliphatic heterocycles. The van der Waals surface area contributed by atoms with Crippen molar-refractivity contribution in [2.75, 3.05) is 37.6 Å². The van der Waals surface area contributed by atoms with Crippen LogP contribution in [0.5, 0.6) is 0 Å². The molecule has 2 bridgehead atoms. The molecule has 2 unspecified atom stereocenters. The number of likely N-dealkylation sites (tertiary alicyclic amines) is 1. The number of carbonyl (C=O) groups excluding carboxylic acids is 1. The van der Waals surface area contributed by atoms with Gasteiger partial charge >= 0.3 is 12.1 Å². The van der Waals surface area contributed by atoms with E-state index in [4.69, 9.17) is 16.7 Å². The van der Waals surface area contributed by atoms with Crippen molar-refractivity contribution in [2.24, 2.45) is 0 Å². The standard InChI is InChI=1S/C26H26ClF3N4O3/c27-22-5-1-17(11-21(22)26(28,29)30)16-7-9-33(10-8-16)24(35)15-32-13-19-3-4-20(14-32)34(19)23-6-2-18(12-31-23)25(36)37/h1-2,5-7,11-12,19-20H,3-4,8-10,13-15H2,(H,36,37). The molecule has 0 spiro atoms. The lowest BCUT2D eigenvalue weighted by Crippen LogP contribution is -2.56. The number of rotatable bonds is 5. The minimum absolute atomic E-state index is 0.000766. The van der Waals surface area contributed by atoms with Crippen molar-refractivity contribution in [1.29, 1.82) is 0 Å². The van der Waals surface area contributed by atoms with Crippen molar-refractivity contribution >= 4 is 34.9 Å². The zero-order valence-corrected chi connectivity index (χ0v) is 20.7. The molecule has 11 heteroatoms. The molecule has 0 aliphatic carbocycles. The normalized spacial score (nSPS) is 22.2. The number of fused-ring (bicyclic) bond motifs is 2. The molecule has 2 fully saturated rings. The number of hydrogen-bond acceptors (Lipinski definition) is 5. The predicted octanol–water partition coefficient (Wildman–Crippen LogP) is 4.42. The highest BCUT2D eigenvalue weighted by Crippen LogP contribution is 2.37. The van der Waals surface area contributed by atoms with E-state index in [1.54, 1.807) is 23.1 Å². The number of hydrogen-bond donors (Lipinski definition) is 1. The van der Waals surface area contributed by atoms with Crippen LogP contribution < -0.4 is 4.90 Å². The Morgan fingerprint density at radius 3 is 2.41 bits per heavy atom. The van der Waals surface area contributed by atoms with Crippen LogP contribution in [0.15, 0.2) is 42.6 Å². The fraction of sp³-hybridized carbons (Fsp3) is 0.423. The van der Waals surface area contributed by atoms with Crippen LogP contribution >= 0.6 is 11.6 Å². The van der Waals surface area contributed by atoms with Gasteiger partial charge < -0.3 is 14.9 Å². The van der Waals surface area contributed by atoms with Gasteiger partial charge in [0.2, 0.25) is 5.91 Å². The molecule has 1 N–H and O–H groups in total. The zero-order chi connectivity index (χ0) is 26.3. The van der Waals surface area contributed by atoms with Crippen molar-refractivity contribution < 1.29 is 27.9 Å². The summed E-state index contributed by atoms with van der Waals surface area (Å²) in [5.41, 5.74) is 0.546. The third-order valence-electron chi connectivity index (χ3n) is 7.38. The van der Waals surface area contributed by atoms with Crippen LogP contribution in [0, 0.1) is 0 Å². The van der Waals surface area contributed by atoms with E-state index in [0.29, 0.717) is 38.2 Å². The van der Waals surface area contributed by atoms with Gasteiger partial charge in [-0.2, -0.15) is 13.2 Å². The van der Waals surface area contributed by atoms with E-state index in [0.717, 1.165) is 30.3 Å². The lowest BCUT2D eigenvalue weighted by molar-refractivity contribution is -0.137. The largest absolute Gasteiger partial charge is 0.478 e. The van der Waals surface area contributed by atoms with E-state index in [-0.39, 0.29) is 35.1 Å². The highest BCUT2D eigenvalue weighted by Gasteiger charge is 2.41. The minimum Gasteiger partial charge on any atom is -0.478 e. The molecule has 4 heterocycles. The maximum atomic E-state index is 13.2. The molecule has 0 radical (unpaired) electrons. The first-order chi connectivity index (χ1) is 17.6. The lowest BCUT2D eigenvalue weighted by Gasteiger charge is -2.42. The predicted molar refractivity (Wildman–Crippen MR) is 133 cm³/mol. The van der Waals surface area contributed by atoms with Gasteiger partial charge in [0.05, 0.1) is 22.7 Å². The van der Waals surface area contributed by atoms with E-state index in [9.17, 15) is 22.8 Å². The monoisotopic (exact) mass is 534 g/mol. The van der Waals surface area contributed by atoms with Crippen molar-refractivity contribution in [3.63, 3.8) is 0 Å². The average Bonchev–Trinajstić information content (AvgIpc) is 3.13. The number of aromatic carboxylic acids is 1. The number of alkyl halides is 3. The number of aromatic nitrogens is 1. The number of halogens is 4. The van der Waals surface area contributed by atoms with E-state index >= 15 is 0 Å². The van der Waals surface area contributed by atoms with Crippen molar-refractivity contribution in [3.05, 3.63) is 64.3 Å². The van der Waals surface area contributed by atoms with Gasteiger partial charge in [0.1, 0.15) is 5.82 Å². The Morgan fingerprint density at radius 1 is 1.11 bits per heavy atom. The van der Waals surface area contributed by atoms with E-state index in [2.05, 4.69) is 14.8 Å². The summed E-state index contributed by atoms with van der Waals surface area (Å²) in [6.45, 7) is 2.51. The van der Waals surface area contributed by atoms with Gasteiger partial charge in [-0.25, -0.2) is 9.78 Å². The third-order valence-corrected chi connectivity index (χ3v) is 7.71. The lowest BCUT2D eigenvalue weighted by atomic mass is 9.97. The molecule has 1 aromatic heterocycles. The number of piperazine rings is 1. The summed E-state index contributed by atoms with van der Waals surface area (Å²) < 4.78 is 39.7. The number of carboxylic acids is 1. The maximum absolute atomic E-state index is 13.2. The Bertz CT molecular complexity index is 1220. The highest BCUT2D eigenvalue weighted by atomic mass is 35.5. The van der Waals surface area contributed by atoms with Gasteiger partial charge in [-0.1, -0.05) is 23.7 Å². The SMILES string of the molecule is O=C(O)c1ccc(N2C3CCC2CN(CC(=O)N2CC=C(c4ccc(Cl)c(C(F)(F)F)c4)CC2)C3)nc1. The second-order valence-corrected chi connectivity index (χ2v) is 10.1. The number of benzene rings is 1. The molecule has 7 nitrogen and oxygen atoms in total. The molecule has 3 aliphatic rings. The maximum Gasteiger partial charge on any atom is 0.417 e. The van der Waals surface area contributed by atoms with E-state index < -0.39 is 17.7 Å². The van der Waals surface area contributed by atoms with Crippen LogP contribution in [-0.2, 0) is 11.0 Å². The number of amides is 1. The number of pyridine rings is 1. The molecule has 1 amide bonds. The van der Waals surface area contributed by atoms with E-state index in [1.807, 2.05) is 6.08 Å². The summed E-state index contributed by atoms with van der Waals surface area (Å²) >= 11 is 5.74. The second-order valence-electron chi connectivity index (χ2n) is 9.71. The summed E-state index contributed by atoms with van der Waals surface area (Å²) in [4.78, 5) is 34.6. The summed E-state index contributed by atoms with van der Waals surface area (Å²) in [6, 6.07) is 7.64. The molecule has 1 aromatic carbocycles. The smallest absolute Gasteiger partial charge is 0.417 e. The van der Waals surface area contributed by atoms with Crippen LogP contribution in [0.25, 0.3) is 5.57 Å². The molecular formula is C26H26ClF3N4O3. The quantitative estimate of drug-likeness (QED) is 0.612. The molecule has 0 saturated carbocycles. The first-order valence-electron chi connectivity index (χ1n) is 12.1. The van der Waals surface area contributed by atoms with Gasteiger partial charge in [0.25, 0.3) is 0 Å². The highest BCUT2D eigenvalue weighted by molar-refractivity contribution is 6.31. The van der Waals surface area contributed by atoms with Crippen molar-refractivity contribution in [3.8, 4) is 0 Å². The molecular weight excluding hydrogens is 509 g/mol. The second kappa shape index (κ2) is 9.98. The van der Waals surface area contributed by atoms with Gasteiger partial charge in [0.15, 0.2) is 0 Å². The molecule has 196 valence electrons. The van der Waals surface area contributed by atoms with Crippen LogP contribution in [-0.4, -0.2) is 76.6 Å². The summed E-state index contributed by atoms with van der Waals surface area (Å²) in [7, 11) is 0. The average molecular weight is 535 g/mol. The Morgan fingerprint density at radius 2 is 1.84 bits per heavy atom. The fourth-order valence-electron chi connectivity index (χ4n) is 5.55. The van der Waals surface area contributed by atoms with Crippen molar-refractivity contribution in [2.45, 2.75) is 37.5 Å².